The van der Waals surface area contributed by atoms with Gasteiger partial charge < -0.3 is 10.3 Å². The summed E-state index contributed by atoms with van der Waals surface area (Å²) in [6.07, 6.45) is 0. The van der Waals surface area contributed by atoms with Crippen molar-refractivity contribution in [3.05, 3.63) is 35.0 Å². The molecule has 0 radical (unpaired) electrons. The molecule has 2 rings (SSSR count). The summed E-state index contributed by atoms with van der Waals surface area (Å²) in [5, 5.41) is 1.91. The molecule has 0 aliphatic carbocycles. The van der Waals surface area contributed by atoms with E-state index in [1.54, 1.807) is 0 Å². The van der Waals surface area contributed by atoms with Crippen LogP contribution in [0.15, 0.2) is 24.3 Å². The molecular weight excluding hydrogens is 196 g/mol. The van der Waals surface area contributed by atoms with Crippen LogP contribution in [0.5, 0.6) is 0 Å². The minimum atomic E-state index is 0.0474. The largest absolute Gasteiger partial charge is 0.346 e. The van der Waals surface area contributed by atoms with Gasteiger partial charge in [0, 0.05) is 34.7 Å². The Labute approximate surface area is 88.3 Å². The molecule has 74 valence electrons. The zero-order valence-electron chi connectivity index (χ0n) is 8.29. The van der Waals surface area contributed by atoms with E-state index in [4.69, 9.17) is 17.3 Å². The first-order valence-corrected chi connectivity index (χ1v) is 4.98. The van der Waals surface area contributed by atoms with Gasteiger partial charge in [-0.3, -0.25) is 0 Å². The van der Waals surface area contributed by atoms with E-state index >= 15 is 0 Å². The fourth-order valence-electron chi connectivity index (χ4n) is 1.78. The second-order valence-corrected chi connectivity index (χ2v) is 4.06. The third-order valence-electron chi connectivity index (χ3n) is 2.51. The molecule has 1 atom stereocenters. The zero-order valence-corrected chi connectivity index (χ0v) is 9.05. The number of hydrogen-bond acceptors (Lipinski definition) is 1. The van der Waals surface area contributed by atoms with Crippen LogP contribution in [0.2, 0.25) is 5.02 Å². The van der Waals surface area contributed by atoms with Gasteiger partial charge in [-0.15, -0.1) is 0 Å². The number of aryl methyl sites for hydroxylation is 1. The third-order valence-corrected chi connectivity index (χ3v) is 2.74. The van der Waals surface area contributed by atoms with Crippen molar-refractivity contribution >= 4 is 22.5 Å². The van der Waals surface area contributed by atoms with Crippen molar-refractivity contribution in [1.82, 2.24) is 4.57 Å². The van der Waals surface area contributed by atoms with Crippen molar-refractivity contribution in [3.8, 4) is 0 Å². The highest BCUT2D eigenvalue weighted by molar-refractivity contribution is 6.31. The molecule has 2 aromatic rings. The van der Waals surface area contributed by atoms with Crippen LogP contribution in [0.25, 0.3) is 10.9 Å². The van der Waals surface area contributed by atoms with Crippen molar-refractivity contribution in [2.75, 3.05) is 0 Å². The molecule has 0 aliphatic rings. The molecule has 0 saturated heterocycles. The highest BCUT2D eigenvalue weighted by Crippen LogP contribution is 2.24. The molecule has 0 spiro atoms. The molecular formula is C11H13ClN2. The summed E-state index contributed by atoms with van der Waals surface area (Å²) in [4.78, 5) is 0. The van der Waals surface area contributed by atoms with Crippen LogP contribution in [0.1, 0.15) is 18.7 Å². The molecule has 2 N–H and O–H groups in total. The van der Waals surface area contributed by atoms with Crippen LogP contribution in [0.4, 0.5) is 0 Å². The van der Waals surface area contributed by atoms with Crippen molar-refractivity contribution in [2.45, 2.75) is 13.0 Å². The fraction of sp³-hybridized carbons (Fsp3) is 0.273. The van der Waals surface area contributed by atoms with Gasteiger partial charge in [-0.1, -0.05) is 11.6 Å². The first kappa shape index (κ1) is 9.56. The van der Waals surface area contributed by atoms with E-state index < -0.39 is 0 Å². The van der Waals surface area contributed by atoms with Gasteiger partial charge in [-0.2, -0.15) is 0 Å². The molecule has 1 unspecified atom stereocenters. The van der Waals surface area contributed by atoms with Gasteiger partial charge in [0.05, 0.1) is 0 Å². The quantitative estimate of drug-likeness (QED) is 0.768. The Balaban J connectivity index is 2.73. The maximum atomic E-state index is 5.92. The first-order valence-electron chi connectivity index (χ1n) is 4.60. The second-order valence-electron chi connectivity index (χ2n) is 3.62. The first-order chi connectivity index (χ1) is 6.59. The van der Waals surface area contributed by atoms with Crippen molar-refractivity contribution in [1.29, 1.82) is 0 Å². The molecule has 3 heteroatoms. The number of halogens is 1. The molecule has 1 aromatic carbocycles. The topological polar surface area (TPSA) is 30.9 Å². The van der Waals surface area contributed by atoms with Gasteiger partial charge in [0.1, 0.15) is 0 Å². The number of hydrogen-bond donors (Lipinski definition) is 1. The zero-order chi connectivity index (χ0) is 10.3. The van der Waals surface area contributed by atoms with Crippen LogP contribution >= 0.6 is 11.6 Å². The van der Waals surface area contributed by atoms with Crippen molar-refractivity contribution < 1.29 is 0 Å². The Morgan fingerprint density at radius 1 is 1.36 bits per heavy atom. The normalized spacial score (nSPS) is 13.4. The summed E-state index contributed by atoms with van der Waals surface area (Å²) in [5.41, 5.74) is 8.16. The number of nitrogens with zero attached hydrogens (tertiary/aromatic N) is 1. The average Bonchev–Trinajstić information content (AvgIpc) is 2.43. The molecule has 0 bridgehead atoms. The van der Waals surface area contributed by atoms with Crippen LogP contribution in [-0.4, -0.2) is 4.57 Å². The van der Waals surface area contributed by atoms with Crippen molar-refractivity contribution in [3.63, 3.8) is 0 Å². The lowest BCUT2D eigenvalue weighted by Gasteiger charge is -2.06. The summed E-state index contributed by atoms with van der Waals surface area (Å²) in [7, 11) is 2.02. The highest BCUT2D eigenvalue weighted by atomic mass is 35.5. The van der Waals surface area contributed by atoms with Crippen LogP contribution < -0.4 is 5.73 Å². The van der Waals surface area contributed by atoms with E-state index in [0.29, 0.717) is 0 Å². The Morgan fingerprint density at radius 3 is 2.71 bits per heavy atom. The lowest BCUT2D eigenvalue weighted by molar-refractivity contribution is 0.726. The van der Waals surface area contributed by atoms with Gasteiger partial charge in [0.15, 0.2) is 0 Å². The smallest absolute Gasteiger partial charge is 0.0481 e. The molecule has 14 heavy (non-hydrogen) atoms. The van der Waals surface area contributed by atoms with Gasteiger partial charge in [0.25, 0.3) is 0 Å². The number of aromatic nitrogens is 1. The fourth-order valence-corrected chi connectivity index (χ4v) is 1.96. The van der Waals surface area contributed by atoms with Gasteiger partial charge in [-0.25, -0.2) is 0 Å². The minimum Gasteiger partial charge on any atom is -0.346 e. The Bertz CT molecular complexity index is 471. The summed E-state index contributed by atoms with van der Waals surface area (Å²) in [6.45, 7) is 1.98. The molecule has 0 amide bonds. The number of rotatable bonds is 1. The minimum absolute atomic E-state index is 0.0474. The molecule has 1 heterocycles. The second kappa shape index (κ2) is 3.30. The van der Waals surface area contributed by atoms with E-state index in [1.165, 1.54) is 5.52 Å². The lowest BCUT2D eigenvalue weighted by atomic mass is 10.2. The Kier molecular flexibility index (Phi) is 2.25. The molecule has 0 aliphatic heterocycles. The maximum absolute atomic E-state index is 5.92. The SMILES string of the molecule is CC(N)c1cc2cc(Cl)ccc2n1C. The van der Waals surface area contributed by atoms with E-state index in [0.717, 1.165) is 16.1 Å². The van der Waals surface area contributed by atoms with Crippen LogP contribution in [0, 0.1) is 0 Å². The number of nitrogens with two attached hydrogens (primary N) is 1. The number of benzene rings is 1. The van der Waals surface area contributed by atoms with Crippen molar-refractivity contribution in [2.24, 2.45) is 12.8 Å². The highest BCUT2D eigenvalue weighted by Gasteiger charge is 2.08. The maximum Gasteiger partial charge on any atom is 0.0481 e. The summed E-state index contributed by atoms with van der Waals surface area (Å²) in [5.74, 6) is 0. The molecule has 2 nitrogen and oxygen atoms in total. The third kappa shape index (κ3) is 1.41. The van der Waals surface area contributed by atoms with E-state index in [9.17, 15) is 0 Å². The predicted molar refractivity (Wildman–Crippen MR) is 60.5 cm³/mol. The van der Waals surface area contributed by atoms with Gasteiger partial charge in [-0.05, 0) is 31.2 Å². The van der Waals surface area contributed by atoms with Gasteiger partial charge >= 0.3 is 0 Å². The van der Waals surface area contributed by atoms with E-state index in [1.807, 2.05) is 32.2 Å². The van der Waals surface area contributed by atoms with Crippen LogP contribution in [0.3, 0.4) is 0 Å². The Morgan fingerprint density at radius 2 is 2.07 bits per heavy atom. The van der Waals surface area contributed by atoms with Crippen LogP contribution in [-0.2, 0) is 7.05 Å². The number of fused-ring (bicyclic) bond motifs is 1. The van der Waals surface area contributed by atoms with E-state index in [2.05, 4.69) is 10.6 Å². The summed E-state index contributed by atoms with van der Waals surface area (Å²) in [6, 6.07) is 8.01. The molecule has 0 saturated carbocycles. The van der Waals surface area contributed by atoms with Gasteiger partial charge in [0.2, 0.25) is 0 Å². The monoisotopic (exact) mass is 208 g/mol. The predicted octanol–water partition coefficient (Wildman–Crippen LogP) is 2.85. The lowest BCUT2D eigenvalue weighted by Crippen LogP contribution is -2.09. The van der Waals surface area contributed by atoms with E-state index in [-0.39, 0.29) is 6.04 Å². The summed E-state index contributed by atoms with van der Waals surface area (Å²) < 4.78 is 2.11. The average molecular weight is 209 g/mol. The summed E-state index contributed by atoms with van der Waals surface area (Å²) >= 11 is 5.92. The Hall–Kier alpha value is -0.990. The molecule has 1 aromatic heterocycles. The molecule has 0 fully saturated rings. The standard InChI is InChI=1S/C11H13ClN2/c1-7(13)11-6-8-5-9(12)3-4-10(8)14(11)2/h3-7H,13H2,1-2H3.